The van der Waals surface area contributed by atoms with Crippen molar-refractivity contribution in [3.63, 3.8) is 0 Å². The summed E-state index contributed by atoms with van der Waals surface area (Å²) >= 11 is 0. The van der Waals surface area contributed by atoms with E-state index in [0.29, 0.717) is 11.1 Å². The van der Waals surface area contributed by atoms with Crippen LogP contribution in [0.3, 0.4) is 0 Å². The van der Waals surface area contributed by atoms with Crippen molar-refractivity contribution >= 4 is 11.7 Å². The van der Waals surface area contributed by atoms with E-state index in [0.717, 1.165) is 6.07 Å². The molecule has 18 heavy (non-hydrogen) atoms. The topological polar surface area (TPSA) is 93.3 Å². The van der Waals surface area contributed by atoms with Gasteiger partial charge in [0.1, 0.15) is 0 Å². The average Bonchev–Trinajstić information content (AvgIpc) is 2.39. The molecular weight excluding hydrogens is 236 g/mol. The highest BCUT2D eigenvalue weighted by Gasteiger charge is 2.14. The van der Waals surface area contributed by atoms with Crippen LogP contribution in [0.1, 0.15) is 10.4 Å². The van der Waals surface area contributed by atoms with Crippen molar-refractivity contribution in [3.8, 4) is 11.1 Å². The Labute approximate surface area is 102 Å². The SMILES string of the molecule is O=C(O)c1cc(-c2ccncc2)cc([N+](=O)[O-])c1. The number of nitrogens with zero attached hydrogens (tertiary/aromatic N) is 2. The zero-order chi connectivity index (χ0) is 13.1. The fraction of sp³-hybridized carbons (Fsp3) is 0. The summed E-state index contributed by atoms with van der Waals surface area (Å²) in [6.45, 7) is 0. The fourth-order valence-electron chi connectivity index (χ4n) is 1.55. The number of pyridine rings is 1. The minimum Gasteiger partial charge on any atom is -0.478 e. The largest absolute Gasteiger partial charge is 0.478 e. The first-order valence-electron chi connectivity index (χ1n) is 5.01. The van der Waals surface area contributed by atoms with Gasteiger partial charge in [0, 0.05) is 24.5 Å². The summed E-state index contributed by atoms with van der Waals surface area (Å²) in [5.74, 6) is -1.20. The van der Waals surface area contributed by atoms with Gasteiger partial charge in [-0.15, -0.1) is 0 Å². The molecule has 90 valence electrons. The number of rotatable bonds is 3. The standard InChI is InChI=1S/C12H8N2O4/c15-12(16)10-5-9(6-11(7-10)14(17)18)8-1-3-13-4-2-8/h1-7H,(H,15,16). The Morgan fingerprint density at radius 2 is 1.83 bits per heavy atom. The number of carboxylic acids is 1. The molecule has 0 atom stereocenters. The monoisotopic (exact) mass is 244 g/mol. The number of nitro benzene ring substituents is 1. The van der Waals surface area contributed by atoms with E-state index >= 15 is 0 Å². The lowest BCUT2D eigenvalue weighted by atomic mass is 10.0. The third kappa shape index (κ3) is 2.32. The average molecular weight is 244 g/mol. The first kappa shape index (κ1) is 11.7. The van der Waals surface area contributed by atoms with Crippen molar-refractivity contribution in [1.29, 1.82) is 0 Å². The number of nitro groups is 1. The maximum absolute atomic E-state index is 10.9. The smallest absolute Gasteiger partial charge is 0.335 e. The predicted octanol–water partition coefficient (Wildman–Crippen LogP) is 2.36. The number of benzene rings is 1. The third-order valence-corrected chi connectivity index (χ3v) is 2.39. The van der Waals surface area contributed by atoms with Gasteiger partial charge in [-0.1, -0.05) is 0 Å². The van der Waals surface area contributed by atoms with Crippen LogP contribution in [0.4, 0.5) is 5.69 Å². The maximum atomic E-state index is 10.9. The van der Waals surface area contributed by atoms with E-state index < -0.39 is 10.9 Å². The highest BCUT2D eigenvalue weighted by atomic mass is 16.6. The van der Waals surface area contributed by atoms with Crippen LogP contribution in [0, 0.1) is 10.1 Å². The summed E-state index contributed by atoms with van der Waals surface area (Å²) in [4.78, 5) is 24.9. The van der Waals surface area contributed by atoms with Crippen molar-refractivity contribution in [2.24, 2.45) is 0 Å². The Hall–Kier alpha value is -2.76. The van der Waals surface area contributed by atoms with Crippen LogP contribution >= 0.6 is 0 Å². The molecule has 1 N–H and O–H groups in total. The molecule has 0 radical (unpaired) electrons. The van der Waals surface area contributed by atoms with Gasteiger partial charge in [0.2, 0.25) is 0 Å². The van der Waals surface area contributed by atoms with Crippen molar-refractivity contribution in [3.05, 3.63) is 58.4 Å². The highest BCUT2D eigenvalue weighted by Crippen LogP contribution is 2.25. The number of hydrogen-bond donors (Lipinski definition) is 1. The third-order valence-electron chi connectivity index (χ3n) is 2.39. The molecule has 0 aliphatic rings. The summed E-state index contributed by atoms with van der Waals surface area (Å²) in [5, 5.41) is 19.7. The van der Waals surface area contributed by atoms with E-state index in [2.05, 4.69) is 4.98 Å². The van der Waals surface area contributed by atoms with Crippen molar-refractivity contribution in [2.75, 3.05) is 0 Å². The Morgan fingerprint density at radius 1 is 1.17 bits per heavy atom. The zero-order valence-electron chi connectivity index (χ0n) is 9.11. The van der Waals surface area contributed by atoms with Gasteiger partial charge in [-0.3, -0.25) is 15.1 Å². The van der Waals surface area contributed by atoms with Crippen LogP contribution in [0.5, 0.6) is 0 Å². The summed E-state index contributed by atoms with van der Waals surface area (Å²) in [6, 6.07) is 7.08. The first-order chi connectivity index (χ1) is 8.58. The molecule has 1 heterocycles. The van der Waals surface area contributed by atoms with Gasteiger partial charge >= 0.3 is 5.97 Å². The second kappa shape index (κ2) is 4.62. The highest BCUT2D eigenvalue weighted by molar-refractivity contribution is 5.90. The number of aromatic nitrogens is 1. The molecule has 0 amide bonds. The van der Waals surface area contributed by atoms with Crippen molar-refractivity contribution in [2.45, 2.75) is 0 Å². The molecule has 0 bridgehead atoms. The molecule has 0 aliphatic heterocycles. The molecule has 0 saturated carbocycles. The van der Waals surface area contributed by atoms with Crippen molar-refractivity contribution < 1.29 is 14.8 Å². The van der Waals surface area contributed by atoms with E-state index in [1.54, 1.807) is 12.1 Å². The Bertz CT molecular complexity index is 578. The second-order valence-corrected chi connectivity index (χ2v) is 3.57. The van der Waals surface area contributed by atoms with Crippen LogP contribution in [-0.2, 0) is 0 Å². The zero-order valence-corrected chi connectivity index (χ0v) is 9.11. The van der Waals surface area contributed by atoms with Gasteiger partial charge < -0.3 is 5.11 Å². The molecule has 0 fully saturated rings. The summed E-state index contributed by atoms with van der Waals surface area (Å²) in [5.41, 5.74) is 0.790. The molecule has 0 aliphatic carbocycles. The Morgan fingerprint density at radius 3 is 2.39 bits per heavy atom. The van der Waals surface area contributed by atoms with Crippen molar-refractivity contribution in [1.82, 2.24) is 4.98 Å². The molecule has 2 aromatic rings. The lowest BCUT2D eigenvalue weighted by Gasteiger charge is -2.03. The van der Waals surface area contributed by atoms with Gasteiger partial charge in [-0.25, -0.2) is 4.79 Å². The van der Waals surface area contributed by atoms with Crippen LogP contribution < -0.4 is 0 Å². The molecule has 1 aromatic carbocycles. The quantitative estimate of drug-likeness (QED) is 0.660. The number of non-ortho nitro benzene ring substituents is 1. The number of carbonyl (C=O) groups is 1. The molecule has 1 aromatic heterocycles. The number of carboxylic acid groups (broad SMARTS) is 1. The Kier molecular flexibility index (Phi) is 3.01. The minimum atomic E-state index is -1.20. The predicted molar refractivity (Wildman–Crippen MR) is 63.3 cm³/mol. The maximum Gasteiger partial charge on any atom is 0.335 e. The number of hydrogen-bond acceptors (Lipinski definition) is 4. The first-order valence-corrected chi connectivity index (χ1v) is 5.01. The lowest BCUT2D eigenvalue weighted by Crippen LogP contribution is -1.99. The van der Waals surface area contributed by atoms with E-state index in [4.69, 9.17) is 5.11 Å². The summed E-state index contributed by atoms with van der Waals surface area (Å²) < 4.78 is 0. The van der Waals surface area contributed by atoms with E-state index in [1.165, 1.54) is 24.5 Å². The van der Waals surface area contributed by atoms with Crippen LogP contribution in [0.2, 0.25) is 0 Å². The molecule has 6 nitrogen and oxygen atoms in total. The van der Waals surface area contributed by atoms with E-state index in [1.807, 2.05) is 0 Å². The number of aromatic carboxylic acids is 1. The normalized spacial score (nSPS) is 10.0. The molecule has 0 spiro atoms. The fourth-order valence-corrected chi connectivity index (χ4v) is 1.55. The van der Waals surface area contributed by atoms with Gasteiger partial charge in [-0.2, -0.15) is 0 Å². The second-order valence-electron chi connectivity index (χ2n) is 3.57. The lowest BCUT2D eigenvalue weighted by molar-refractivity contribution is -0.384. The Balaban J connectivity index is 2.61. The molecule has 0 saturated heterocycles. The van der Waals surface area contributed by atoms with E-state index in [9.17, 15) is 14.9 Å². The molecule has 6 heteroatoms. The van der Waals surface area contributed by atoms with Gasteiger partial charge in [0.05, 0.1) is 10.5 Å². The summed E-state index contributed by atoms with van der Waals surface area (Å²) in [7, 11) is 0. The van der Waals surface area contributed by atoms with Gasteiger partial charge in [0.15, 0.2) is 0 Å². The van der Waals surface area contributed by atoms with Gasteiger partial charge in [-0.05, 0) is 29.3 Å². The molecule has 2 rings (SSSR count). The van der Waals surface area contributed by atoms with Crippen LogP contribution in [-0.4, -0.2) is 21.0 Å². The molecular formula is C12H8N2O4. The van der Waals surface area contributed by atoms with Gasteiger partial charge in [0.25, 0.3) is 5.69 Å². The van der Waals surface area contributed by atoms with Crippen LogP contribution in [0.15, 0.2) is 42.7 Å². The summed E-state index contributed by atoms with van der Waals surface area (Å²) in [6.07, 6.45) is 3.07. The minimum absolute atomic E-state index is 0.115. The molecule has 0 unspecified atom stereocenters. The van der Waals surface area contributed by atoms with Crippen LogP contribution in [0.25, 0.3) is 11.1 Å². The van der Waals surface area contributed by atoms with E-state index in [-0.39, 0.29) is 11.3 Å².